The molecule has 0 spiro atoms. The minimum absolute atomic E-state index is 0.981. The van der Waals surface area contributed by atoms with Crippen molar-refractivity contribution in [1.29, 1.82) is 0 Å². The normalized spacial score (nSPS) is 11.0. The summed E-state index contributed by atoms with van der Waals surface area (Å²) in [5.41, 5.74) is 2.94. The number of hydrogen-bond acceptors (Lipinski definition) is 1. The van der Waals surface area contributed by atoms with Crippen LogP contribution in [0.4, 0.5) is 0 Å². The third-order valence-electron chi connectivity index (χ3n) is 2.38. The molecule has 0 aliphatic heterocycles. The quantitative estimate of drug-likeness (QED) is 0.231. The summed E-state index contributed by atoms with van der Waals surface area (Å²) in [6.07, 6.45) is 8.95. The lowest BCUT2D eigenvalue weighted by Crippen LogP contribution is -2.24. The summed E-state index contributed by atoms with van der Waals surface area (Å²) < 4.78 is 5.90. The van der Waals surface area contributed by atoms with Gasteiger partial charge in [-0.3, -0.25) is 0 Å². The first-order valence-corrected chi connectivity index (χ1v) is 9.98. The van der Waals surface area contributed by atoms with Gasteiger partial charge in [-0.15, -0.1) is 0 Å². The predicted molar refractivity (Wildman–Crippen MR) is 75.1 cm³/mol. The zero-order valence-electron chi connectivity index (χ0n) is 11.6. The topological polar surface area (TPSA) is 9.23 Å². The van der Waals surface area contributed by atoms with Crippen molar-refractivity contribution in [1.82, 2.24) is 0 Å². The molecule has 0 saturated carbocycles. The summed E-state index contributed by atoms with van der Waals surface area (Å²) in [5, 5.41) is 0. The molecule has 0 aromatic rings. The van der Waals surface area contributed by atoms with Gasteiger partial charge >= 0.3 is 0 Å². The van der Waals surface area contributed by atoms with Gasteiger partial charge in [-0.05, 0) is 26.1 Å². The molecule has 0 aromatic heterocycles. The average molecular weight is 240 g/mol. The molecule has 16 heavy (non-hydrogen) atoms. The maximum Gasteiger partial charge on any atom is 0.242 e. The van der Waals surface area contributed by atoms with E-state index in [4.69, 9.17) is 4.43 Å². The summed E-state index contributed by atoms with van der Waals surface area (Å²) >= 11 is 0. The van der Waals surface area contributed by atoms with Crippen LogP contribution < -0.4 is 0 Å². The Kier molecular flexibility index (Phi) is 8.41. The van der Waals surface area contributed by atoms with Crippen molar-refractivity contribution < 1.29 is 4.43 Å². The first kappa shape index (κ1) is 15.5. The molecule has 94 valence electrons. The number of hydrogen-bond donors (Lipinski definition) is 0. The van der Waals surface area contributed by atoms with Gasteiger partial charge in [-0.25, -0.2) is 0 Å². The lowest BCUT2D eigenvalue weighted by Gasteiger charge is -2.20. The van der Waals surface area contributed by atoms with Gasteiger partial charge in [0.25, 0.3) is 0 Å². The van der Waals surface area contributed by atoms with Gasteiger partial charge in [0.1, 0.15) is 5.76 Å². The highest BCUT2D eigenvalue weighted by molar-refractivity contribution is 6.70. The first-order chi connectivity index (χ1) is 7.49. The molecule has 0 fully saturated rings. The summed E-state index contributed by atoms with van der Waals surface area (Å²) in [7, 11) is -1.46. The molecule has 0 atom stereocenters. The lowest BCUT2D eigenvalue weighted by atomic mass is 10.1. The van der Waals surface area contributed by atoms with Crippen molar-refractivity contribution in [3.8, 4) is 0 Å². The van der Waals surface area contributed by atoms with Crippen LogP contribution in [0.3, 0.4) is 0 Å². The van der Waals surface area contributed by atoms with Gasteiger partial charge in [0, 0.05) is 6.42 Å². The Balaban J connectivity index is 3.62. The van der Waals surface area contributed by atoms with Gasteiger partial charge in [-0.2, -0.15) is 0 Å². The van der Waals surface area contributed by atoms with Gasteiger partial charge in [-0.1, -0.05) is 51.3 Å². The lowest BCUT2D eigenvalue weighted by molar-refractivity contribution is 0.393. The molecule has 0 bridgehead atoms. The summed E-state index contributed by atoms with van der Waals surface area (Å²) in [5.74, 6) is 0.981. The van der Waals surface area contributed by atoms with Crippen LogP contribution in [0.1, 0.15) is 51.9 Å². The van der Waals surface area contributed by atoms with Crippen LogP contribution in [0.2, 0.25) is 19.6 Å². The van der Waals surface area contributed by atoms with E-state index in [0.717, 1.165) is 12.2 Å². The zero-order valence-corrected chi connectivity index (χ0v) is 12.6. The molecule has 0 rings (SSSR count). The highest BCUT2D eigenvalue weighted by atomic mass is 28.4. The van der Waals surface area contributed by atoms with Crippen molar-refractivity contribution in [2.45, 2.75) is 71.5 Å². The van der Waals surface area contributed by atoms with E-state index in [9.17, 15) is 0 Å². The smallest absolute Gasteiger partial charge is 0.242 e. The van der Waals surface area contributed by atoms with Crippen LogP contribution in [0.5, 0.6) is 0 Å². The molecule has 0 amide bonds. The Hall–Kier alpha value is -0.463. The Morgan fingerprint density at radius 1 is 1.06 bits per heavy atom. The third-order valence-corrected chi connectivity index (χ3v) is 3.24. The second-order valence-electron chi connectivity index (χ2n) is 5.33. The van der Waals surface area contributed by atoms with E-state index < -0.39 is 8.32 Å². The molecule has 0 N–H and O–H groups in total. The third kappa shape index (κ3) is 10.1. The van der Waals surface area contributed by atoms with Crippen LogP contribution in [0.15, 0.2) is 18.1 Å². The number of rotatable bonds is 9. The van der Waals surface area contributed by atoms with Gasteiger partial charge < -0.3 is 4.43 Å². The van der Waals surface area contributed by atoms with E-state index in [0.29, 0.717) is 0 Å². The monoisotopic (exact) mass is 240 g/mol. The van der Waals surface area contributed by atoms with E-state index in [-0.39, 0.29) is 0 Å². The first-order valence-electron chi connectivity index (χ1n) is 6.57. The Labute approximate surface area is 103 Å². The predicted octanol–water partition coefficient (Wildman–Crippen LogP) is 5.26. The number of unbranched alkanes of at least 4 members (excludes halogenated alkanes) is 5. The van der Waals surface area contributed by atoms with Crippen molar-refractivity contribution >= 4 is 8.32 Å². The maximum absolute atomic E-state index is 5.90. The standard InChI is InChI=1S/C14H28OSi/c1-6-8-9-10-11-12-13-14(7-2)15-16(3,4)5/h2,6,8-13H2,1,3-5H3. The minimum Gasteiger partial charge on any atom is -0.542 e. The van der Waals surface area contributed by atoms with Crippen LogP contribution in [-0.2, 0) is 4.43 Å². The fourth-order valence-corrected chi connectivity index (χ4v) is 2.52. The summed E-state index contributed by atoms with van der Waals surface area (Å²) in [4.78, 5) is 0. The van der Waals surface area contributed by atoms with E-state index in [1.807, 2.05) is 0 Å². The highest BCUT2D eigenvalue weighted by Gasteiger charge is 2.17. The minimum atomic E-state index is -1.46. The Morgan fingerprint density at radius 2 is 1.62 bits per heavy atom. The van der Waals surface area contributed by atoms with Crippen LogP contribution in [0, 0.1) is 0 Å². The van der Waals surface area contributed by atoms with Crippen molar-refractivity contribution in [3.05, 3.63) is 18.1 Å². The van der Waals surface area contributed by atoms with E-state index in [2.05, 4.69) is 38.9 Å². The molecule has 0 saturated heterocycles. The molecular formula is C14H28OSi. The molecule has 0 radical (unpaired) electrons. The highest BCUT2D eigenvalue weighted by Crippen LogP contribution is 2.16. The Bertz CT molecular complexity index is 221. The van der Waals surface area contributed by atoms with Crippen LogP contribution in [-0.4, -0.2) is 8.32 Å². The molecule has 0 heterocycles. The van der Waals surface area contributed by atoms with Crippen molar-refractivity contribution in [2.24, 2.45) is 0 Å². The van der Waals surface area contributed by atoms with Gasteiger partial charge in [0.2, 0.25) is 8.32 Å². The van der Waals surface area contributed by atoms with Crippen LogP contribution >= 0.6 is 0 Å². The van der Waals surface area contributed by atoms with Crippen molar-refractivity contribution in [2.75, 3.05) is 0 Å². The second kappa shape index (κ2) is 8.66. The largest absolute Gasteiger partial charge is 0.542 e. The van der Waals surface area contributed by atoms with E-state index in [1.165, 1.54) is 38.5 Å². The molecule has 1 nitrogen and oxygen atoms in total. The molecule has 0 aliphatic rings. The maximum atomic E-state index is 5.90. The molecule has 0 unspecified atom stereocenters. The molecular weight excluding hydrogens is 212 g/mol. The van der Waals surface area contributed by atoms with Gasteiger partial charge in [0.15, 0.2) is 0 Å². The summed E-state index contributed by atoms with van der Waals surface area (Å²) in [6, 6.07) is 0. The number of allylic oxidation sites excluding steroid dienone is 1. The van der Waals surface area contributed by atoms with Crippen molar-refractivity contribution in [3.63, 3.8) is 0 Å². The van der Waals surface area contributed by atoms with Crippen LogP contribution in [0.25, 0.3) is 0 Å². The zero-order chi connectivity index (χ0) is 12.4. The molecule has 0 aromatic carbocycles. The fraction of sp³-hybridized carbons (Fsp3) is 0.786. The van der Waals surface area contributed by atoms with E-state index >= 15 is 0 Å². The van der Waals surface area contributed by atoms with Gasteiger partial charge in [0.05, 0.1) is 0 Å². The second-order valence-corrected chi connectivity index (χ2v) is 9.76. The average Bonchev–Trinajstić information content (AvgIpc) is 2.19. The summed E-state index contributed by atoms with van der Waals surface area (Å²) in [6.45, 7) is 12.6. The molecule has 2 heteroatoms. The Morgan fingerprint density at radius 3 is 2.12 bits per heavy atom. The fourth-order valence-electron chi connectivity index (χ4n) is 1.61. The SMILES string of the molecule is C=C=C(CCCCCCCC)O[Si](C)(C)C. The molecule has 0 aliphatic carbocycles. The van der Waals surface area contributed by atoms with E-state index in [1.54, 1.807) is 0 Å².